The quantitative estimate of drug-likeness (QED) is 0.809. The lowest BCUT2D eigenvalue weighted by atomic mass is 9.99. The third-order valence-electron chi connectivity index (χ3n) is 4.53. The van der Waals surface area contributed by atoms with Gasteiger partial charge in [-0.25, -0.2) is 0 Å². The molecule has 0 aromatic heterocycles. The molecule has 2 fully saturated rings. The van der Waals surface area contributed by atoms with Gasteiger partial charge >= 0.3 is 6.18 Å². The first-order valence-corrected chi connectivity index (χ1v) is 7.41. The normalized spacial score (nSPS) is 24.0. The number of alkyl halides is 3. The van der Waals surface area contributed by atoms with E-state index in [0.29, 0.717) is 6.04 Å². The minimum Gasteiger partial charge on any atom is -0.397 e. The molecular weight excluding hydrogens is 279 g/mol. The van der Waals surface area contributed by atoms with Crippen molar-refractivity contribution < 1.29 is 13.2 Å². The Hall–Kier alpha value is -1.43. The summed E-state index contributed by atoms with van der Waals surface area (Å²) in [6.07, 6.45) is -0.692. The maximum atomic E-state index is 12.7. The summed E-state index contributed by atoms with van der Waals surface area (Å²) in [6.45, 7) is 3.79. The van der Waals surface area contributed by atoms with Gasteiger partial charge in [0.1, 0.15) is 0 Å². The number of benzene rings is 1. The summed E-state index contributed by atoms with van der Waals surface area (Å²) in [7, 11) is 0. The van der Waals surface area contributed by atoms with Crippen molar-refractivity contribution in [2.24, 2.45) is 0 Å². The van der Waals surface area contributed by atoms with Crippen LogP contribution in [0.1, 0.15) is 24.8 Å². The molecule has 0 bridgehead atoms. The monoisotopic (exact) mass is 299 g/mol. The van der Waals surface area contributed by atoms with E-state index >= 15 is 0 Å². The molecule has 1 aromatic carbocycles. The van der Waals surface area contributed by atoms with Crippen molar-refractivity contribution in [2.75, 3.05) is 36.8 Å². The van der Waals surface area contributed by atoms with Gasteiger partial charge in [0, 0.05) is 25.7 Å². The Labute approximate surface area is 122 Å². The van der Waals surface area contributed by atoms with Crippen molar-refractivity contribution in [3.63, 3.8) is 0 Å². The largest absolute Gasteiger partial charge is 0.416 e. The zero-order valence-electron chi connectivity index (χ0n) is 11.9. The molecule has 1 aromatic rings. The van der Waals surface area contributed by atoms with Gasteiger partial charge in [0.15, 0.2) is 0 Å². The molecule has 1 unspecified atom stereocenters. The summed E-state index contributed by atoms with van der Waals surface area (Å²) < 4.78 is 38.1. The third-order valence-corrected chi connectivity index (χ3v) is 4.53. The van der Waals surface area contributed by atoms with E-state index in [2.05, 4.69) is 9.80 Å². The van der Waals surface area contributed by atoms with E-state index in [4.69, 9.17) is 5.73 Å². The van der Waals surface area contributed by atoms with E-state index in [1.165, 1.54) is 18.9 Å². The van der Waals surface area contributed by atoms with Gasteiger partial charge < -0.3 is 10.6 Å². The number of piperidine rings is 1. The molecule has 2 aliphatic rings. The van der Waals surface area contributed by atoms with Gasteiger partial charge in [-0.1, -0.05) is 6.42 Å². The molecule has 2 aliphatic heterocycles. The molecule has 2 heterocycles. The third kappa shape index (κ3) is 2.95. The Morgan fingerprint density at radius 2 is 1.90 bits per heavy atom. The highest BCUT2D eigenvalue weighted by Crippen LogP contribution is 2.35. The van der Waals surface area contributed by atoms with Crippen molar-refractivity contribution >= 4 is 11.4 Å². The van der Waals surface area contributed by atoms with Gasteiger partial charge in [0.25, 0.3) is 0 Å². The van der Waals surface area contributed by atoms with E-state index in [0.717, 1.165) is 50.4 Å². The number of hydrogen-bond acceptors (Lipinski definition) is 3. The average Bonchev–Trinajstić information content (AvgIpc) is 2.45. The van der Waals surface area contributed by atoms with Crippen LogP contribution in [0.4, 0.5) is 24.5 Å². The van der Waals surface area contributed by atoms with Crippen LogP contribution >= 0.6 is 0 Å². The molecule has 1 atom stereocenters. The lowest BCUT2D eigenvalue weighted by Gasteiger charge is -2.45. The summed E-state index contributed by atoms with van der Waals surface area (Å²) >= 11 is 0. The van der Waals surface area contributed by atoms with Crippen molar-refractivity contribution in [3.8, 4) is 0 Å². The molecular formula is C15H20F3N3. The minimum absolute atomic E-state index is 0.217. The highest BCUT2D eigenvalue weighted by atomic mass is 19.4. The second kappa shape index (κ2) is 5.40. The van der Waals surface area contributed by atoms with Crippen molar-refractivity contribution in [1.82, 2.24) is 4.90 Å². The fourth-order valence-corrected chi connectivity index (χ4v) is 3.39. The smallest absolute Gasteiger partial charge is 0.397 e. The van der Waals surface area contributed by atoms with Gasteiger partial charge in [-0.2, -0.15) is 13.2 Å². The van der Waals surface area contributed by atoms with E-state index in [1.807, 2.05) is 0 Å². The maximum absolute atomic E-state index is 12.7. The number of piperazine rings is 1. The van der Waals surface area contributed by atoms with Gasteiger partial charge in [0.2, 0.25) is 0 Å². The van der Waals surface area contributed by atoms with Crippen molar-refractivity contribution in [2.45, 2.75) is 31.5 Å². The molecule has 3 nitrogen and oxygen atoms in total. The number of fused-ring (bicyclic) bond motifs is 1. The van der Waals surface area contributed by atoms with E-state index in [-0.39, 0.29) is 5.69 Å². The van der Waals surface area contributed by atoms with Gasteiger partial charge in [-0.05, 0) is 37.6 Å². The van der Waals surface area contributed by atoms with Crippen LogP contribution in [-0.2, 0) is 6.18 Å². The first-order valence-electron chi connectivity index (χ1n) is 7.41. The second-order valence-electron chi connectivity index (χ2n) is 5.90. The maximum Gasteiger partial charge on any atom is 0.416 e. The topological polar surface area (TPSA) is 32.5 Å². The Bertz CT molecular complexity index is 515. The summed E-state index contributed by atoms with van der Waals surface area (Å²) in [6, 6.07) is 4.19. The van der Waals surface area contributed by atoms with Gasteiger partial charge in [0.05, 0.1) is 16.9 Å². The molecule has 2 N–H and O–H groups in total. The Morgan fingerprint density at radius 3 is 2.62 bits per heavy atom. The SMILES string of the molecule is Nc1cc(C(F)(F)F)ccc1N1CCN2CCCCC2C1. The number of rotatable bonds is 1. The van der Waals surface area contributed by atoms with E-state index < -0.39 is 11.7 Å². The number of nitrogens with zero attached hydrogens (tertiary/aromatic N) is 2. The van der Waals surface area contributed by atoms with Crippen molar-refractivity contribution in [3.05, 3.63) is 23.8 Å². The van der Waals surface area contributed by atoms with Crippen LogP contribution in [0.15, 0.2) is 18.2 Å². The zero-order valence-corrected chi connectivity index (χ0v) is 11.9. The Morgan fingerprint density at radius 1 is 1.10 bits per heavy atom. The number of nitrogens with two attached hydrogens (primary N) is 1. The predicted octanol–water partition coefficient (Wildman–Crippen LogP) is 2.96. The number of halogens is 3. The number of nitrogen functional groups attached to an aromatic ring is 1. The molecule has 0 amide bonds. The minimum atomic E-state index is -4.34. The lowest BCUT2D eigenvalue weighted by molar-refractivity contribution is -0.137. The highest BCUT2D eigenvalue weighted by molar-refractivity contribution is 5.69. The second-order valence-corrected chi connectivity index (χ2v) is 5.90. The summed E-state index contributed by atoms with van der Waals surface area (Å²) in [5.41, 5.74) is 6.13. The molecule has 0 saturated carbocycles. The molecule has 2 saturated heterocycles. The summed E-state index contributed by atoms with van der Waals surface area (Å²) in [5, 5.41) is 0. The molecule has 0 aliphatic carbocycles. The molecule has 0 spiro atoms. The number of hydrogen-bond donors (Lipinski definition) is 1. The van der Waals surface area contributed by atoms with Gasteiger partial charge in [-0.3, -0.25) is 4.90 Å². The number of anilines is 2. The first-order chi connectivity index (χ1) is 9.95. The molecule has 0 radical (unpaired) electrons. The van der Waals surface area contributed by atoms with Crippen molar-refractivity contribution in [1.29, 1.82) is 0 Å². The van der Waals surface area contributed by atoms with Crippen LogP contribution in [0.5, 0.6) is 0 Å². The zero-order chi connectivity index (χ0) is 15.0. The Kier molecular flexibility index (Phi) is 3.73. The van der Waals surface area contributed by atoms with Crippen LogP contribution < -0.4 is 10.6 Å². The van der Waals surface area contributed by atoms with Crippen LogP contribution in [0, 0.1) is 0 Å². The summed E-state index contributed by atoms with van der Waals surface area (Å²) in [4.78, 5) is 4.61. The van der Waals surface area contributed by atoms with Crippen LogP contribution in [0.25, 0.3) is 0 Å². The molecule has 116 valence electrons. The average molecular weight is 299 g/mol. The van der Waals surface area contributed by atoms with Crippen LogP contribution in [0.2, 0.25) is 0 Å². The van der Waals surface area contributed by atoms with Crippen LogP contribution in [0.3, 0.4) is 0 Å². The Balaban J connectivity index is 1.78. The predicted molar refractivity (Wildman–Crippen MR) is 77.3 cm³/mol. The fraction of sp³-hybridized carbons (Fsp3) is 0.600. The summed E-state index contributed by atoms with van der Waals surface area (Å²) in [5.74, 6) is 0. The molecule has 6 heteroatoms. The fourth-order valence-electron chi connectivity index (χ4n) is 3.39. The lowest BCUT2D eigenvalue weighted by Crippen LogP contribution is -2.55. The molecule has 21 heavy (non-hydrogen) atoms. The first kappa shape index (κ1) is 14.5. The molecule has 3 rings (SSSR count). The standard InChI is InChI=1S/C15H20F3N3/c16-15(17,18)11-4-5-14(13(19)9-11)21-8-7-20-6-2-1-3-12(20)10-21/h4-5,9,12H,1-3,6-8,10,19H2. The van der Waals surface area contributed by atoms with E-state index in [9.17, 15) is 13.2 Å². The van der Waals surface area contributed by atoms with Crippen LogP contribution in [-0.4, -0.2) is 37.1 Å². The van der Waals surface area contributed by atoms with Gasteiger partial charge in [-0.15, -0.1) is 0 Å². The highest BCUT2D eigenvalue weighted by Gasteiger charge is 2.33. The van der Waals surface area contributed by atoms with E-state index in [1.54, 1.807) is 0 Å².